The van der Waals surface area contributed by atoms with E-state index in [1.807, 2.05) is 48.5 Å². The monoisotopic (exact) mass is 331 g/mol. The molecule has 0 atom stereocenters. The molecule has 6 N–H and O–H groups in total. The first-order chi connectivity index (χ1) is 8.65. The van der Waals surface area contributed by atoms with Crippen LogP contribution in [0.1, 0.15) is 0 Å². The largest absolute Gasteiger partial charge is 0.538 e. The Bertz CT molecular complexity index is 408. The maximum atomic E-state index is 5.43. The van der Waals surface area contributed by atoms with Crippen molar-refractivity contribution in [1.82, 2.24) is 0 Å². The zero-order valence-electron chi connectivity index (χ0n) is 10.8. The van der Waals surface area contributed by atoms with Gasteiger partial charge >= 0.3 is 0 Å². The molecule has 19 heavy (non-hydrogen) atoms. The standard InChI is InChI=1S/2C7H9N2.Y/c2*1-9-7-4-2-6(8)3-5-7;/h2*2-5,9H,1,8H2;/q2*-1;. The van der Waals surface area contributed by atoms with E-state index >= 15 is 0 Å². The number of benzene rings is 2. The first kappa shape index (κ1) is 17.7. The van der Waals surface area contributed by atoms with Crippen molar-refractivity contribution in [2.45, 2.75) is 0 Å². The quantitative estimate of drug-likeness (QED) is 0.504. The van der Waals surface area contributed by atoms with Gasteiger partial charge in [0.25, 0.3) is 0 Å². The van der Waals surface area contributed by atoms with Crippen LogP contribution < -0.4 is 22.1 Å². The van der Waals surface area contributed by atoms with Gasteiger partial charge in [-0.15, -0.1) is 0 Å². The van der Waals surface area contributed by atoms with Crippen molar-refractivity contribution < 1.29 is 32.7 Å². The van der Waals surface area contributed by atoms with E-state index in [9.17, 15) is 0 Å². The van der Waals surface area contributed by atoms with E-state index in [-0.39, 0.29) is 32.7 Å². The van der Waals surface area contributed by atoms with Gasteiger partial charge in [0.2, 0.25) is 0 Å². The predicted octanol–water partition coefficient (Wildman–Crippen LogP) is 2.94. The Labute approximate surface area is 139 Å². The van der Waals surface area contributed by atoms with Crippen LogP contribution in [0.15, 0.2) is 48.5 Å². The molecule has 0 unspecified atom stereocenters. The minimum Gasteiger partial charge on any atom is -0.538 e. The summed E-state index contributed by atoms with van der Waals surface area (Å²) in [5.41, 5.74) is 14.4. The SMILES string of the molecule is [CH2-]Nc1ccc(N)cc1.[CH2-]Nc1ccc(N)cc1.[Y]. The van der Waals surface area contributed by atoms with E-state index in [1.54, 1.807) is 0 Å². The molecule has 0 amide bonds. The smallest absolute Gasteiger partial charge is 0.0315 e. The molecule has 0 heterocycles. The zero-order valence-corrected chi connectivity index (χ0v) is 13.6. The molecule has 0 aromatic heterocycles. The first-order valence-electron chi connectivity index (χ1n) is 5.43. The van der Waals surface area contributed by atoms with Crippen LogP contribution in [0, 0.1) is 14.1 Å². The van der Waals surface area contributed by atoms with Gasteiger partial charge in [0.1, 0.15) is 0 Å². The summed E-state index contributed by atoms with van der Waals surface area (Å²) in [5.74, 6) is 0. The average Bonchev–Trinajstić information content (AvgIpc) is 2.41. The molecular weight excluding hydrogens is 313 g/mol. The summed E-state index contributed by atoms with van der Waals surface area (Å²) in [6.07, 6.45) is 0. The molecule has 1 radical (unpaired) electrons. The Balaban J connectivity index is 0.000000324. The molecule has 0 aliphatic rings. The van der Waals surface area contributed by atoms with E-state index in [0.29, 0.717) is 0 Å². The topological polar surface area (TPSA) is 76.1 Å². The Hall–Kier alpha value is -1.26. The van der Waals surface area contributed by atoms with Gasteiger partial charge in [-0.05, 0) is 48.5 Å². The molecule has 2 rings (SSSR count). The van der Waals surface area contributed by atoms with Crippen LogP contribution in [0.4, 0.5) is 22.7 Å². The summed E-state index contributed by atoms with van der Waals surface area (Å²) < 4.78 is 0. The van der Waals surface area contributed by atoms with Crippen molar-refractivity contribution in [1.29, 1.82) is 0 Å². The molecule has 0 aliphatic heterocycles. The zero-order chi connectivity index (χ0) is 13.4. The predicted molar refractivity (Wildman–Crippen MR) is 79.7 cm³/mol. The Kier molecular flexibility index (Phi) is 9.01. The Morgan fingerprint density at radius 1 is 0.632 bits per heavy atom. The fourth-order valence-electron chi connectivity index (χ4n) is 1.20. The van der Waals surface area contributed by atoms with Crippen LogP contribution in [0.2, 0.25) is 0 Å². The number of rotatable bonds is 2. The number of anilines is 4. The average molecular weight is 331 g/mol. The van der Waals surface area contributed by atoms with Gasteiger partial charge in [-0.1, -0.05) is 0 Å². The molecule has 0 spiro atoms. The molecule has 99 valence electrons. The van der Waals surface area contributed by atoms with Gasteiger partial charge in [-0.25, -0.2) is 0 Å². The number of nitrogens with two attached hydrogens (primary N) is 2. The molecular formula is C14H18N4Y-2. The van der Waals surface area contributed by atoms with Crippen LogP contribution in [-0.2, 0) is 32.7 Å². The van der Waals surface area contributed by atoms with Crippen molar-refractivity contribution in [2.24, 2.45) is 0 Å². The van der Waals surface area contributed by atoms with Crippen LogP contribution in [-0.4, -0.2) is 0 Å². The molecule has 0 saturated heterocycles. The molecule has 0 saturated carbocycles. The molecule has 2 aromatic rings. The molecule has 0 fully saturated rings. The van der Waals surface area contributed by atoms with Crippen molar-refractivity contribution in [3.05, 3.63) is 62.6 Å². The summed E-state index contributed by atoms with van der Waals surface area (Å²) in [6, 6.07) is 14.8. The van der Waals surface area contributed by atoms with Gasteiger partial charge in [0.15, 0.2) is 0 Å². The summed E-state index contributed by atoms with van der Waals surface area (Å²) in [4.78, 5) is 0. The maximum absolute atomic E-state index is 5.43. The fourth-order valence-corrected chi connectivity index (χ4v) is 1.20. The number of hydrogen-bond donors (Lipinski definition) is 4. The fraction of sp³-hybridized carbons (Fsp3) is 0. The Morgan fingerprint density at radius 2 is 0.895 bits per heavy atom. The summed E-state index contributed by atoms with van der Waals surface area (Å²) >= 11 is 0. The number of nitrogen functional groups attached to an aromatic ring is 2. The molecule has 4 nitrogen and oxygen atoms in total. The summed E-state index contributed by atoms with van der Waals surface area (Å²) in [6.45, 7) is 0. The van der Waals surface area contributed by atoms with Gasteiger partial charge in [0, 0.05) is 55.5 Å². The van der Waals surface area contributed by atoms with Gasteiger partial charge in [0.05, 0.1) is 0 Å². The van der Waals surface area contributed by atoms with Crippen LogP contribution >= 0.6 is 0 Å². The molecule has 0 bridgehead atoms. The first-order valence-corrected chi connectivity index (χ1v) is 5.43. The maximum Gasteiger partial charge on any atom is 0.0315 e. The number of nitrogens with one attached hydrogen (secondary N) is 2. The summed E-state index contributed by atoms with van der Waals surface area (Å²) in [7, 11) is 6.99. The van der Waals surface area contributed by atoms with E-state index in [0.717, 1.165) is 22.7 Å². The molecule has 5 heteroatoms. The van der Waals surface area contributed by atoms with Crippen LogP contribution in [0.3, 0.4) is 0 Å². The normalized spacial score (nSPS) is 8.53. The second kappa shape index (κ2) is 9.64. The van der Waals surface area contributed by atoms with Crippen molar-refractivity contribution >= 4 is 22.7 Å². The van der Waals surface area contributed by atoms with E-state index < -0.39 is 0 Å². The molecule has 2 aromatic carbocycles. The molecule has 0 aliphatic carbocycles. The van der Waals surface area contributed by atoms with E-state index in [4.69, 9.17) is 11.5 Å². The second-order valence-corrected chi connectivity index (χ2v) is 3.60. The minimum atomic E-state index is 0. The van der Waals surface area contributed by atoms with Crippen LogP contribution in [0.25, 0.3) is 0 Å². The summed E-state index contributed by atoms with van der Waals surface area (Å²) in [5, 5.41) is 5.50. The van der Waals surface area contributed by atoms with E-state index in [1.165, 1.54) is 0 Å². The minimum absolute atomic E-state index is 0. The van der Waals surface area contributed by atoms with Gasteiger partial charge in [-0.2, -0.15) is 0 Å². The third-order valence-electron chi connectivity index (χ3n) is 2.23. The van der Waals surface area contributed by atoms with Crippen molar-refractivity contribution in [2.75, 3.05) is 22.1 Å². The number of hydrogen-bond acceptors (Lipinski definition) is 4. The van der Waals surface area contributed by atoms with Crippen molar-refractivity contribution in [3.63, 3.8) is 0 Å². The third-order valence-corrected chi connectivity index (χ3v) is 2.23. The second-order valence-electron chi connectivity index (χ2n) is 3.60. The van der Waals surface area contributed by atoms with Gasteiger partial charge < -0.3 is 22.1 Å². The third kappa shape index (κ3) is 7.04. The van der Waals surface area contributed by atoms with Crippen molar-refractivity contribution in [3.8, 4) is 0 Å². The van der Waals surface area contributed by atoms with Gasteiger partial charge in [-0.3, -0.25) is 14.1 Å². The van der Waals surface area contributed by atoms with E-state index in [2.05, 4.69) is 24.7 Å². The Morgan fingerprint density at radius 3 is 1.11 bits per heavy atom. The van der Waals surface area contributed by atoms with Crippen LogP contribution in [0.5, 0.6) is 0 Å².